The van der Waals surface area contributed by atoms with E-state index in [9.17, 15) is 4.79 Å². The van der Waals surface area contributed by atoms with Gasteiger partial charge in [0.15, 0.2) is 0 Å². The van der Waals surface area contributed by atoms with Gasteiger partial charge in [0.2, 0.25) is 0 Å². The molecule has 0 spiro atoms. The molecule has 0 fully saturated rings. The van der Waals surface area contributed by atoms with Crippen LogP contribution in [0.1, 0.15) is 41.9 Å². The Morgan fingerprint density at radius 3 is 2.68 bits per heavy atom. The van der Waals surface area contributed by atoms with Crippen molar-refractivity contribution in [1.82, 2.24) is 9.88 Å². The Hall–Kier alpha value is -1.85. The van der Waals surface area contributed by atoms with Crippen LogP contribution in [0.25, 0.3) is 10.9 Å². The van der Waals surface area contributed by atoms with Gasteiger partial charge in [-0.3, -0.25) is 4.79 Å². The summed E-state index contributed by atoms with van der Waals surface area (Å²) in [6.45, 7) is 10.4. The lowest BCUT2D eigenvalue weighted by molar-refractivity contribution is 0.0928. The van der Waals surface area contributed by atoms with Gasteiger partial charge in [-0.25, -0.2) is 0 Å². The van der Waals surface area contributed by atoms with E-state index in [4.69, 9.17) is 9.84 Å². The van der Waals surface area contributed by atoms with Gasteiger partial charge in [-0.05, 0) is 49.4 Å². The normalized spacial score (nSPS) is 11.9. The number of rotatable bonds is 8. The molecule has 25 heavy (non-hydrogen) atoms. The van der Waals surface area contributed by atoms with Crippen molar-refractivity contribution in [3.63, 3.8) is 0 Å². The van der Waals surface area contributed by atoms with Crippen LogP contribution < -0.4 is 5.32 Å². The molecule has 5 nitrogen and oxygen atoms in total. The highest BCUT2D eigenvalue weighted by Crippen LogP contribution is 2.26. The quantitative estimate of drug-likeness (QED) is 0.772. The number of hydrogen-bond donors (Lipinski definition) is 2. The van der Waals surface area contributed by atoms with Crippen LogP contribution in [0.4, 0.5) is 0 Å². The van der Waals surface area contributed by atoms with E-state index in [-0.39, 0.29) is 17.9 Å². The van der Waals surface area contributed by atoms with E-state index in [1.165, 1.54) is 11.3 Å². The molecule has 1 aromatic heterocycles. The number of fused-ring (bicyclic) bond motifs is 1. The molecule has 0 radical (unpaired) electrons. The Bertz CT molecular complexity index is 747. The average Bonchev–Trinajstić information content (AvgIpc) is 2.81. The Balaban J connectivity index is 2.23. The third kappa shape index (κ3) is 4.41. The molecule has 0 bridgehead atoms. The Labute approximate surface area is 150 Å². The number of aliphatic hydroxyl groups is 1. The van der Waals surface area contributed by atoms with Gasteiger partial charge < -0.3 is 19.7 Å². The van der Waals surface area contributed by atoms with E-state index >= 15 is 0 Å². The first kappa shape index (κ1) is 19.5. The lowest BCUT2D eigenvalue weighted by Gasteiger charge is -2.23. The molecule has 2 N–H and O–H groups in total. The number of aromatic nitrogens is 1. The first-order valence-electron chi connectivity index (χ1n) is 8.78. The number of nitrogens with one attached hydrogen (secondary N) is 1. The number of hydrogen-bond acceptors (Lipinski definition) is 3. The SMILES string of the molecule is COCCn1c(C)c(C)c2cc(C(=O)NCC(C)(C)CCO)ccc21. The van der Waals surface area contributed by atoms with Crippen LogP contribution in [0.2, 0.25) is 0 Å². The monoisotopic (exact) mass is 346 g/mol. The van der Waals surface area contributed by atoms with Crippen molar-refractivity contribution in [3.8, 4) is 0 Å². The molecule has 0 saturated carbocycles. The topological polar surface area (TPSA) is 63.5 Å². The van der Waals surface area contributed by atoms with Gasteiger partial charge in [0.05, 0.1) is 6.61 Å². The number of aryl methyl sites for hydroxylation is 1. The summed E-state index contributed by atoms with van der Waals surface area (Å²) >= 11 is 0. The summed E-state index contributed by atoms with van der Waals surface area (Å²) in [5, 5.41) is 13.2. The van der Waals surface area contributed by atoms with Crippen LogP contribution in [0.15, 0.2) is 18.2 Å². The first-order chi connectivity index (χ1) is 11.8. The van der Waals surface area contributed by atoms with Crippen molar-refractivity contribution < 1.29 is 14.6 Å². The third-order valence-electron chi connectivity index (χ3n) is 4.94. The number of methoxy groups -OCH3 is 1. The summed E-state index contributed by atoms with van der Waals surface area (Å²) in [7, 11) is 1.70. The molecule has 5 heteroatoms. The van der Waals surface area contributed by atoms with Gasteiger partial charge in [0.1, 0.15) is 0 Å². The van der Waals surface area contributed by atoms with Crippen LogP contribution in [0.5, 0.6) is 0 Å². The Kier molecular flexibility index (Phi) is 6.25. The number of ether oxygens (including phenoxy) is 1. The fourth-order valence-corrected chi connectivity index (χ4v) is 3.07. The molecule has 0 aliphatic heterocycles. The summed E-state index contributed by atoms with van der Waals surface area (Å²) < 4.78 is 7.44. The van der Waals surface area contributed by atoms with Gasteiger partial charge in [0.25, 0.3) is 5.91 Å². The molecule has 0 saturated heterocycles. The maximum atomic E-state index is 12.5. The standard InChI is InChI=1S/C20H30N2O3/c1-14-15(2)22(9-11-25-5)18-7-6-16(12-17(14)18)19(24)21-13-20(3,4)8-10-23/h6-7,12,23H,8-11,13H2,1-5H3,(H,21,24). The van der Waals surface area contributed by atoms with Crippen molar-refractivity contribution in [2.75, 3.05) is 26.9 Å². The van der Waals surface area contributed by atoms with Gasteiger partial charge in [-0.2, -0.15) is 0 Å². The van der Waals surface area contributed by atoms with E-state index in [1.807, 2.05) is 32.0 Å². The van der Waals surface area contributed by atoms with Crippen molar-refractivity contribution in [3.05, 3.63) is 35.0 Å². The number of aliphatic hydroxyl groups excluding tert-OH is 1. The van der Waals surface area contributed by atoms with E-state index in [1.54, 1.807) is 7.11 Å². The molecule has 1 aromatic carbocycles. The molecule has 0 unspecified atom stereocenters. The first-order valence-corrected chi connectivity index (χ1v) is 8.78. The molecule has 2 rings (SSSR count). The van der Waals surface area contributed by atoms with Crippen LogP contribution in [-0.2, 0) is 11.3 Å². The predicted molar refractivity (Wildman–Crippen MR) is 101 cm³/mol. The molecule has 1 heterocycles. The summed E-state index contributed by atoms with van der Waals surface area (Å²) in [5.41, 5.74) is 4.07. The minimum absolute atomic E-state index is 0.0744. The zero-order valence-corrected chi connectivity index (χ0v) is 16.0. The number of nitrogens with zero attached hydrogens (tertiary/aromatic N) is 1. The summed E-state index contributed by atoms with van der Waals surface area (Å²) in [4.78, 5) is 12.5. The molecule has 0 aliphatic carbocycles. The average molecular weight is 346 g/mol. The lowest BCUT2D eigenvalue weighted by Crippen LogP contribution is -2.34. The van der Waals surface area contributed by atoms with Gasteiger partial charge in [-0.15, -0.1) is 0 Å². The highest BCUT2D eigenvalue weighted by atomic mass is 16.5. The second-order valence-electron chi connectivity index (χ2n) is 7.41. The minimum Gasteiger partial charge on any atom is -0.396 e. The summed E-state index contributed by atoms with van der Waals surface area (Å²) in [5.74, 6) is -0.0744. The van der Waals surface area contributed by atoms with Gasteiger partial charge >= 0.3 is 0 Å². The molecule has 0 aliphatic rings. The second-order valence-corrected chi connectivity index (χ2v) is 7.41. The van der Waals surface area contributed by atoms with E-state index in [2.05, 4.69) is 23.7 Å². The fourth-order valence-electron chi connectivity index (χ4n) is 3.07. The van der Waals surface area contributed by atoms with Crippen molar-refractivity contribution >= 4 is 16.8 Å². The number of benzene rings is 1. The van der Waals surface area contributed by atoms with Crippen molar-refractivity contribution in [1.29, 1.82) is 0 Å². The highest BCUT2D eigenvalue weighted by Gasteiger charge is 2.19. The van der Waals surface area contributed by atoms with Crippen molar-refractivity contribution in [2.24, 2.45) is 5.41 Å². The lowest BCUT2D eigenvalue weighted by atomic mass is 9.89. The van der Waals surface area contributed by atoms with Gasteiger partial charge in [0, 0.05) is 49.0 Å². The van der Waals surface area contributed by atoms with Gasteiger partial charge in [-0.1, -0.05) is 13.8 Å². The zero-order valence-electron chi connectivity index (χ0n) is 16.0. The maximum absolute atomic E-state index is 12.5. The number of carbonyl (C=O) groups excluding carboxylic acids is 1. The maximum Gasteiger partial charge on any atom is 0.251 e. The number of carbonyl (C=O) groups is 1. The molecule has 2 aromatic rings. The molecular formula is C20H30N2O3. The largest absolute Gasteiger partial charge is 0.396 e. The summed E-state index contributed by atoms with van der Waals surface area (Å²) in [6.07, 6.45) is 0.660. The van der Waals surface area contributed by atoms with Crippen LogP contribution in [0, 0.1) is 19.3 Å². The van der Waals surface area contributed by atoms with Crippen LogP contribution >= 0.6 is 0 Å². The minimum atomic E-state index is -0.121. The Morgan fingerprint density at radius 2 is 2.04 bits per heavy atom. The molecule has 1 amide bonds. The molecule has 0 atom stereocenters. The Morgan fingerprint density at radius 1 is 1.32 bits per heavy atom. The number of amides is 1. The zero-order chi connectivity index (χ0) is 18.6. The van der Waals surface area contributed by atoms with E-state index in [0.29, 0.717) is 25.1 Å². The highest BCUT2D eigenvalue weighted by molar-refractivity contribution is 5.99. The summed E-state index contributed by atoms with van der Waals surface area (Å²) in [6, 6.07) is 5.85. The predicted octanol–water partition coefficient (Wildman–Crippen LogP) is 3.04. The molecular weight excluding hydrogens is 316 g/mol. The van der Waals surface area contributed by atoms with E-state index < -0.39 is 0 Å². The molecule has 138 valence electrons. The van der Waals surface area contributed by atoms with Crippen molar-refractivity contribution in [2.45, 2.75) is 40.7 Å². The third-order valence-corrected chi connectivity index (χ3v) is 4.94. The second kappa shape index (κ2) is 8.02. The van der Waals surface area contributed by atoms with Crippen LogP contribution in [-0.4, -0.2) is 42.4 Å². The smallest absolute Gasteiger partial charge is 0.251 e. The van der Waals surface area contributed by atoms with Crippen LogP contribution in [0.3, 0.4) is 0 Å². The fraction of sp³-hybridized carbons (Fsp3) is 0.550. The van der Waals surface area contributed by atoms with E-state index in [0.717, 1.165) is 17.4 Å².